The summed E-state index contributed by atoms with van der Waals surface area (Å²) in [4.78, 5) is 3.70. The molecule has 20 heavy (non-hydrogen) atoms. The van der Waals surface area contributed by atoms with E-state index < -0.39 is 5.95 Å². The van der Waals surface area contributed by atoms with Crippen molar-refractivity contribution in [1.29, 1.82) is 0 Å². The largest absolute Gasteiger partial charge is 0.497 e. The van der Waals surface area contributed by atoms with Gasteiger partial charge in [0, 0.05) is 6.54 Å². The predicted octanol–water partition coefficient (Wildman–Crippen LogP) is 2.86. The first-order valence-electron chi connectivity index (χ1n) is 6.35. The van der Waals surface area contributed by atoms with Crippen LogP contribution in [0.15, 0.2) is 42.5 Å². The molecule has 5 heteroatoms. The van der Waals surface area contributed by atoms with Crippen molar-refractivity contribution in [3.05, 3.63) is 54.0 Å². The summed E-state index contributed by atoms with van der Waals surface area (Å²) in [5.74, 6) is 0.829. The standard InChI is InChI=1S/C15H17FN2O2/c1-19-13-5-2-4-12(10-13)11-20-9-8-17-15-7-3-6-14(16)18-15/h2-7,10H,8-9,11H2,1H3,(H,17,18). The molecule has 0 amide bonds. The van der Waals surface area contributed by atoms with Gasteiger partial charge in [0.05, 0.1) is 20.3 Å². The molecule has 1 aromatic carbocycles. The summed E-state index contributed by atoms with van der Waals surface area (Å²) in [7, 11) is 1.63. The van der Waals surface area contributed by atoms with Crippen molar-refractivity contribution >= 4 is 5.82 Å². The smallest absolute Gasteiger partial charge is 0.214 e. The Balaban J connectivity index is 1.68. The molecule has 106 valence electrons. The van der Waals surface area contributed by atoms with E-state index in [1.54, 1.807) is 19.2 Å². The molecule has 2 rings (SSSR count). The van der Waals surface area contributed by atoms with Crippen LogP contribution in [-0.2, 0) is 11.3 Å². The van der Waals surface area contributed by atoms with Crippen LogP contribution in [-0.4, -0.2) is 25.2 Å². The third-order valence-electron chi connectivity index (χ3n) is 2.67. The summed E-state index contributed by atoms with van der Waals surface area (Å²) < 4.78 is 23.5. The number of nitrogens with one attached hydrogen (secondary N) is 1. The first-order valence-corrected chi connectivity index (χ1v) is 6.35. The summed E-state index contributed by atoms with van der Waals surface area (Å²) in [5.41, 5.74) is 1.05. The monoisotopic (exact) mass is 276 g/mol. The molecule has 0 fully saturated rings. The van der Waals surface area contributed by atoms with Gasteiger partial charge in [0.1, 0.15) is 11.6 Å². The van der Waals surface area contributed by atoms with Crippen LogP contribution in [0.4, 0.5) is 10.2 Å². The highest BCUT2D eigenvalue weighted by Crippen LogP contribution is 2.13. The van der Waals surface area contributed by atoms with Crippen LogP contribution < -0.4 is 10.1 Å². The molecule has 0 aliphatic carbocycles. The first kappa shape index (κ1) is 14.3. The Morgan fingerprint density at radius 2 is 2.05 bits per heavy atom. The zero-order valence-corrected chi connectivity index (χ0v) is 11.3. The second-order valence-electron chi connectivity index (χ2n) is 4.18. The van der Waals surface area contributed by atoms with E-state index in [0.29, 0.717) is 25.6 Å². The van der Waals surface area contributed by atoms with Crippen LogP contribution in [0.25, 0.3) is 0 Å². The van der Waals surface area contributed by atoms with E-state index in [-0.39, 0.29) is 0 Å². The zero-order chi connectivity index (χ0) is 14.2. The maximum atomic E-state index is 12.8. The number of pyridine rings is 1. The van der Waals surface area contributed by atoms with Gasteiger partial charge in [-0.1, -0.05) is 18.2 Å². The van der Waals surface area contributed by atoms with Gasteiger partial charge in [0.15, 0.2) is 0 Å². The van der Waals surface area contributed by atoms with Crippen molar-refractivity contribution in [3.8, 4) is 5.75 Å². The van der Waals surface area contributed by atoms with Gasteiger partial charge in [-0.25, -0.2) is 4.98 Å². The lowest BCUT2D eigenvalue weighted by atomic mass is 10.2. The van der Waals surface area contributed by atoms with E-state index >= 15 is 0 Å². The van der Waals surface area contributed by atoms with Gasteiger partial charge < -0.3 is 14.8 Å². The van der Waals surface area contributed by atoms with Crippen LogP contribution in [0.1, 0.15) is 5.56 Å². The summed E-state index contributed by atoms with van der Waals surface area (Å²) in [6, 6.07) is 12.4. The molecular formula is C15H17FN2O2. The van der Waals surface area contributed by atoms with Crippen LogP contribution in [0, 0.1) is 5.95 Å². The second-order valence-corrected chi connectivity index (χ2v) is 4.18. The molecule has 0 aliphatic rings. The molecule has 0 bridgehead atoms. The SMILES string of the molecule is COc1cccc(COCCNc2cccc(F)n2)c1. The Morgan fingerprint density at radius 3 is 2.85 bits per heavy atom. The minimum atomic E-state index is -0.493. The molecule has 1 heterocycles. The molecular weight excluding hydrogens is 259 g/mol. The van der Waals surface area contributed by atoms with Crippen LogP contribution in [0.3, 0.4) is 0 Å². The topological polar surface area (TPSA) is 43.4 Å². The maximum absolute atomic E-state index is 12.8. The maximum Gasteiger partial charge on any atom is 0.214 e. The van der Waals surface area contributed by atoms with Gasteiger partial charge in [-0.05, 0) is 29.8 Å². The van der Waals surface area contributed by atoms with Crippen molar-refractivity contribution in [2.75, 3.05) is 25.6 Å². The van der Waals surface area contributed by atoms with Crippen LogP contribution in [0.5, 0.6) is 5.75 Å². The number of hydrogen-bond donors (Lipinski definition) is 1. The molecule has 0 saturated heterocycles. The first-order chi connectivity index (χ1) is 9.78. The van der Waals surface area contributed by atoms with Crippen molar-refractivity contribution in [1.82, 2.24) is 4.98 Å². The van der Waals surface area contributed by atoms with Crippen molar-refractivity contribution in [2.45, 2.75) is 6.61 Å². The average molecular weight is 276 g/mol. The Kier molecular flexibility index (Phi) is 5.32. The fourth-order valence-electron chi connectivity index (χ4n) is 1.71. The Labute approximate surface area is 117 Å². The minimum absolute atomic E-state index is 0.493. The number of anilines is 1. The molecule has 0 saturated carbocycles. The lowest BCUT2D eigenvalue weighted by Crippen LogP contribution is -2.10. The summed E-state index contributed by atoms with van der Waals surface area (Å²) in [5, 5.41) is 2.99. The molecule has 0 radical (unpaired) electrons. The zero-order valence-electron chi connectivity index (χ0n) is 11.3. The van der Waals surface area contributed by atoms with Crippen LogP contribution in [0.2, 0.25) is 0 Å². The third kappa shape index (κ3) is 4.51. The van der Waals surface area contributed by atoms with Crippen molar-refractivity contribution in [2.24, 2.45) is 0 Å². The fraction of sp³-hybridized carbons (Fsp3) is 0.267. The summed E-state index contributed by atoms with van der Waals surface area (Å²) in [6.07, 6.45) is 0. The quantitative estimate of drug-likeness (QED) is 0.624. The van der Waals surface area contributed by atoms with E-state index in [1.165, 1.54) is 6.07 Å². The van der Waals surface area contributed by atoms with Gasteiger partial charge >= 0.3 is 0 Å². The lowest BCUT2D eigenvalue weighted by molar-refractivity contribution is 0.130. The van der Waals surface area contributed by atoms with E-state index in [0.717, 1.165) is 11.3 Å². The van der Waals surface area contributed by atoms with Gasteiger partial charge in [-0.15, -0.1) is 0 Å². The van der Waals surface area contributed by atoms with E-state index in [2.05, 4.69) is 10.3 Å². The van der Waals surface area contributed by atoms with E-state index in [4.69, 9.17) is 9.47 Å². The fourth-order valence-corrected chi connectivity index (χ4v) is 1.71. The highest BCUT2D eigenvalue weighted by atomic mass is 19.1. The Hall–Kier alpha value is -2.14. The number of methoxy groups -OCH3 is 1. The van der Waals surface area contributed by atoms with Gasteiger partial charge in [0.2, 0.25) is 5.95 Å². The predicted molar refractivity (Wildman–Crippen MR) is 75.3 cm³/mol. The van der Waals surface area contributed by atoms with Gasteiger partial charge in [-0.3, -0.25) is 0 Å². The number of ether oxygens (including phenoxy) is 2. The molecule has 0 atom stereocenters. The molecule has 1 N–H and O–H groups in total. The number of benzene rings is 1. The van der Waals surface area contributed by atoms with Gasteiger partial charge in [-0.2, -0.15) is 4.39 Å². The number of nitrogens with zero attached hydrogens (tertiary/aromatic N) is 1. The van der Waals surface area contributed by atoms with Crippen LogP contribution >= 0.6 is 0 Å². The molecule has 0 unspecified atom stereocenters. The van der Waals surface area contributed by atoms with Gasteiger partial charge in [0.25, 0.3) is 0 Å². The normalized spacial score (nSPS) is 10.3. The van der Waals surface area contributed by atoms with E-state index in [9.17, 15) is 4.39 Å². The summed E-state index contributed by atoms with van der Waals surface area (Å²) >= 11 is 0. The van der Waals surface area contributed by atoms with Crippen molar-refractivity contribution < 1.29 is 13.9 Å². The highest BCUT2D eigenvalue weighted by molar-refractivity contribution is 5.33. The molecule has 0 aliphatic heterocycles. The second kappa shape index (κ2) is 7.45. The number of hydrogen-bond acceptors (Lipinski definition) is 4. The number of halogens is 1. The Morgan fingerprint density at radius 1 is 1.20 bits per heavy atom. The molecule has 4 nitrogen and oxygen atoms in total. The molecule has 2 aromatic rings. The number of rotatable bonds is 7. The minimum Gasteiger partial charge on any atom is -0.497 e. The Bertz CT molecular complexity index is 549. The number of aromatic nitrogens is 1. The average Bonchev–Trinajstić information content (AvgIpc) is 2.47. The summed E-state index contributed by atoms with van der Waals surface area (Å²) in [6.45, 7) is 1.59. The van der Waals surface area contributed by atoms with Crippen molar-refractivity contribution in [3.63, 3.8) is 0 Å². The van der Waals surface area contributed by atoms with E-state index in [1.807, 2.05) is 24.3 Å². The molecule has 1 aromatic heterocycles. The highest BCUT2D eigenvalue weighted by Gasteiger charge is 1.98. The third-order valence-corrected chi connectivity index (χ3v) is 2.67. The molecule has 0 spiro atoms. The lowest BCUT2D eigenvalue weighted by Gasteiger charge is -2.07.